The molecule has 0 aromatic carbocycles. The van der Waals surface area contributed by atoms with Crippen molar-refractivity contribution in [3.63, 3.8) is 0 Å². The predicted octanol–water partition coefficient (Wildman–Crippen LogP) is 0.838. The van der Waals surface area contributed by atoms with Crippen LogP contribution in [0.5, 0.6) is 0 Å². The molecule has 1 fully saturated rings. The maximum atomic E-state index is 9.88. The molecule has 17 heavy (non-hydrogen) atoms. The standard InChI is InChI=1S/C12H16N4O/c1-16-11(7-2-3-7)15-10-8(9(17)6-13)4-5-14-12(10)16/h4-5,7,9,17H,2-3,6,13H2,1H3. The van der Waals surface area contributed by atoms with Crippen molar-refractivity contribution in [2.75, 3.05) is 6.54 Å². The molecule has 0 radical (unpaired) electrons. The average Bonchev–Trinajstić information content (AvgIpc) is 3.14. The van der Waals surface area contributed by atoms with E-state index in [-0.39, 0.29) is 6.54 Å². The first kappa shape index (κ1) is 10.7. The van der Waals surface area contributed by atoms with Crippen LogP contribution in [-0.4, -0.2) is 26.2 Å². The van der Waals surface area contributed by atoms with Gasteiger partial charge < -0.3 is 15.4 Å². The Morgan fingerprint density at radius 1 is 1.59 bits per heavy atom. The van der Waals surface area contributed by atoms with E-state index in [1.54, 1.807) is 12.3 Å². The first-order chi connectivity index (χ1) is 8.22. The number of hydrogen-bond donors (Lipinski definition) is 2. The molecule has 1 atom stereocenters. The van der Waals surface area contributed by atoms with Crippen LogP contribution in [0.25, 0.3) is 11.2 Å². The third kappa shape index (κ3) is 1.62. The SMILES string of the molecule is Cn1c(C2CC2)nc2c(C(O)CN)ccnc21. The van der Waals surface area contributed by atoms with E-state index in [1.807, 2.05) is 11.6 Å². The summed E-state index contributed by atoms with van der Waals surface area (Å²) in [6.07, 6.45) is 3.44. The van der Waals surface area contributed by atoms with Gasteiger partial charge in [0.15, 0.2) is 5.65 Å². The van der Waals surface area contributed by atoms with Gasteiger partial charge in [0.05, 0.1) is 6.10 Å². The maximum Gasteiger partial charge on any atom is 0.160 e. The number of hydrogen-bond acceptors (Lipinski definition) is 4. The number of aryl methyl sites for hydroxylation is 1. The molecule has 0 aliphatic heterocycles. The number of imidazole rings is 1. The summed E-state index contributed by atoms with van der Waals surface area (Å²) < 4.78 is 2.03. The first-order valence-corrected chi connectivity index (χ1v) is 5.91. The Labute approximate surface area is 99.3 Å². The Morgan fingerprint density at radius 3 is 3.00 bits per heavy atom. The first-order valence-electron chi connectivity index (χ1n) is 5.91. The summed E-state index contributed by atoms with van der Waals surface area (Å²) in [6.45, 7) is 0.203. The third-order valence-corrected chi connectivity index (χ3v) is 3.35. The largest absolute Gasteiger partial charge is 0.387 e. The molecule has 0 spiro atoms. The van der Waals surface area contributed by atoms with Crippen molar-refractivity contribution in [1.29, 1.82) is 0 Å². The molecule has 2 aromatic rings. The van der Waals surface area contributed by atoms with E-state index < -0.39 is 6.10 Å². The van der Waals surface area contributed by atoms with Gasteiger partial charge in [-0.15, -0.1) is 0 Å². The number of rotatable bonds is 3. The number of aliphatic hydroxyl groups excluding tert-OH is 1. The monoisotopic (exact) mass is 232 g/mol. The van der Waals surface area contributed by atoms with Crippen LogP contribution in [0.1, 0.15) is 36.3 Å². The molecule has 2 heterocycles. The van der Waals surface area contributed by atoms with Crippen LogP contribution in [0.2, 0.25) is 0 Å². The van der Waals surface area contributed by atoms with Crippen LogP contribution < -0.4 is 5.73 Å². The number of nitrogens with two attached hydrogens (primary N) is 1. The molecule has 1 saturated carbocycles. The molecule has 1 unspecified atom stereocenters. The molecule has 0 saturated heterocycles. The van der Waals surface area contributed by atoms with Crippen molar-refractivity contribution in [2.24, 2.45) is 12.8 Å². The topological polar surface area (TPSA) is 77.0 Å². The number of aliphatic hydroxyl groups is 1. The van der Waals surface area contributed by atoms with E-state index in [0.29, 0.717) is 5.92 Å². The Hall–Kier alpha value is -1.46. The van der Waals surface area contributed by atoms with Gasteiger partial charge >= 0.3 is 0 Å². The van der Waals surface area contributed by atoms with E-state index >= 15 is 0 Å². The fourth-order valence-electron chi connectivity index (χ4n) is 2.22. The van der Waals surface area contributed by atoms with E-state index in [4.69, 9.17) is 5.73 Å². The zero-order valence-corrected chi connectivity index (χ0v) is 9.80. The van der Waals surface area contributed by atoms with Gasteiger partial charge in [-0.1, -0.05) is 0 Å². The predicted molar refractivity (Wildman–Crippen MR) is 64.5 cm³/mol. The number of fused-ring (bicyclic) bond motifs is 1. The maximum absolute atomic E-state index is 9.88. The summed E-state index contributed by atoms with van der Waals surface area (Å²) >= 11 is 0. The van der Waals surface area contributed by atoms with Gasteiger partial charge in [-0.2, -0.15) is 0 Å². The molecule has 3 rings (SSSR count). The van der Waals surface area contributed by atoms with Gasteiger partial charge in [0.2, 0.25) is 0 Å². The smallest absolute Gasteiger partial charge is 0.160 e. The van der Waals surface area contributed by atoms with Crippen LogP contribution in [0.4, 0.5) is 0 Å². The van der Waals surface area contributed by atoms with Crippen molar-refractivity contribution in [3.05, 3.63) is 23.7 Å². The van der Waals surface area contributed by atoms with Crippen molar-refractivity contribution in [2.45, 2.75) is 24.9 Å². The Kier molecular flexibility index (Phi) is 2.38. The molecule has 0 amide bonds. The Morgan fingerprint density at radius 2 is 2.35 bits per heavy atom. The number of pyridine rings is 1. The normalized spacial score (nSPS) is 17.6. The second kappa shape index (κ2) is 3.78. The van der Waals surface area contributed by atoms with Gasteiger partial charge in [-0.3, -0.25) is 0 Å². The third-order valence-electron chi connectivity index (χ3n) is 3.35. The molecule has 90 valence electrons. The summed E-state index contributed by atoms with van der Waals surface area (Å²) in [5.74, 6) is 1.64. The van der Waals surface area contributed by atoms with E-state index in [9.17, 15) is 5.11 Å². The molecular formula is C12H16N4O. The van der Waals surface area contributed by atoms with Crippen molar-refractivity contribution in [3.8, 4) is 0 Å². The minimum Gasteiger partial charge on any atom is -0.387 e. The Bertz CT molecular complexity index is 559. The number of aromatic nitrogens is 3. The summed E-state index contributed by atoms with van der Waals surface area (Å²) in [5.41, 5.74) is 7.90. The zero-order chi connectivity index (χ0) is 12.0. The minimum absolute atomic E-state index is 0.203. The lowest BCUT2D eigenvalue weighted by Crippen LogP contribution is -2.12. The van der Waals surface area contributed by atoms with E-state index in [1.165, 1.54) is 12.8 Å². The van der Waals surface area contributed by atoms with E-state index in [0.717, 1.165) is 22.6 Å². The van der Waals surface area contributed by atoms with Crippen molar-refractivity contribution >= 4 is 11.2 Å². The molecule has 5 heteroatoms. The van der Waals surface area contributed by atoms with Crippen LogP contribution in [0, 0.1) is 0 Å². The lowest BCUT2D eigenvalue weighted by atomic mass is 10.1. The highest BCUT2D eigenvalue weighted by Gasteiger charge is 2.29. The van der Waals surface area contributed by atoms with Crippen LogP contribution in [0.15, 0.2) is 12.3 Å². The van der Waals surface area contributed by atoms with Gasteiger partial charge in [-0.05, 0) is 18.9 Å². The molecular weight excluding hydrogens is 216 g/mol. The average molecular weight is 232 g/mol. The second-order valence-electron chi connectivity index (χ2n) is 4.63. The van der Waals surface area contributed by atoms with Gasteiger partial charge in [0.1, 0.15) is 11.3 Å². The minimum atomic E-state index is -0.664. The Balaban J connectivity index is 2.21. The van der Waals surface area contributed by atoms with Gasteiger partial charge in [0.25, 0.3) is 0 Å². The molecule has 1 aliphatic rings. The molecule has 2 aromatic heterocycles. The molecule has 1 aliphatic carbocycles. The molecule has 0 bridgehead atoms. The highest BCUT2D eigenvalue weighted by molar-refractivity contribution is 5.76. The molecule has 5 nitrogen and oxygen atoms in total. The fourth-order valence-corrected chi connectivity index (χ4v) is 2.22. The summed E-state index contributed by atoms with van der Waals surface area (Å²) in [7, 11) is 1.98. The lowest BCUT2D eigenvalue weighted by Gasteiger charge is -2.07. The van der Waals surface area contributed by atoms with Crippen LogP contribution >= 0.6 is 0 Å². The van der Waals surface area contributed by atoms with Crippen molar-refractivity contribution in [1.82, 2.24) is 14.5 Å². The summed E-state index contributed by atoms with van der Waals surface area (Å²) in [6, 6.07) is 1.80. The van der Waals surface area contributed by atoms with Crippen LogP contribution in [-0.2, 0) is 7.05 Å². The van der Waals surface area contributed by atoms with Crippen LogP contribution in [0.3, 0.4) is 0 Å². The van der Waals surface area contributed by atoms with Gasteiger partial charge in [-0.25, -0.2) is 9.97 Å². The fraction of sp³-hybridized carbons (Fsp3) is 0.500. The van der Waals surface area contributed by atoms with Crippen molar-refractivity contribution < 1.29 is 5.11 Å². The van der Waals surface area contributed by atoms with E-state index in [2.05, 4.69) is 9.97 Å². The quantitative estimate of drug-likeness (QED) is 0.822. The molecule has 3 N–H and O–H groups in total. The highest BCUT2D eigenvalue weighted by Crippen LogP contribution is 2.40. The zero-order valence-electron chi connectivity index (χ0n) is 9.80. The summed E-state index contributed by atoms with van der Waals surface area (Å²) in [5, 5.41) is 9.88. The number of nitrogens with zero attached hydrogens (tertiary/aromatic N) is 3. The van der Waals surface area contributed by atoms with Gasteiger partial charge in [0, 0.05) is 31.3 Å². The summed E-state index contributed by atoms with van der Waals surface area (Å²) in [4.78, 5) is 8.97. The second-order valence-corrected chi connectivity index (χ2v) is 4.63. The lowest BCUT2D eigenvalue weighted by molar-refractivity contribution is 0.188. The highest BCUT2D eigenvalue weighted by atomic mass is 16.3.